The van der Waals surface area contributed by atoms with Crippen LogP contribution in [0.4, 0.5) is 0 Å². The lowest BCUT2D eigenvalue weighted by atomic mass is 9.87. The van der Waals surface area contributed by atoms with Crippen LogP contribution in [0.25, 0.3) is 0 Å². The number of carbonyl (C=O) groups is 3. The summed E-state index contributed by atoms with van der Waals surface area (Å²) in [4.78, 5) is 34.9. The smallest absolute Gasteiger partial charge is 0.303 e. The average Bonchev–Trinajstić information content (AvgIpc) is 2.88. The molecule has 0 heterocycles. The largest absolute Gasteiger partial charge is 0.481 e. The van der Waals surface area contributed by atoms with E-state index in [2.05, 4.69) is 13.8 Å². The summed E-state index contributed by atoms with van der Waals surface area (Å²) >= 11 is 0. The van der Waals surface area contributed by atoms with Crippen LogP contribution in [0.2, 0.25) is 0 Å². The molecule has 1 saturated carbocycles. The van der Waals surface area contributed by atoms with Crippen molar-refractivity contribution in [3.05, 3.63) is 12.2 Å². The third-order valence-electron chi connectivity index (χ3n) is 5.53. The van der Waals surface area contributed by atoms with Crippen LogP contribution in [-0.4, -0.2) is 45.1 Å². The molecule has 0 bridgehead atoms. The summed E-state index contributed by atoms with van der Waals surface area (Å²) in [5.41, 5.74) is 0. The number of aliphatic carboxylic acids is 1. The van der Waals surface area contributed by atoms with E-state index in [-0.39, 0.29) is 37.2 Å². The van der Waals surface area contributed by atoms with Crippen molar-refractivity contribution >= 4 is 17.5 Å². The summed E-state index contributed by atoms with van der Waals surface area (Å²) < 4.78 is 0. The summed E-state index contributed by atoms with van der Waals surface area (Å²) in [5.74, 6) is -1.68. The highest BCUT2D eigenvalue weighted by Gasteiger charge is 2.40. The van der Waals surface area contributed by atoms with Gasteiger partial charge in [-0.15, -0.1) is 0 Å². The molecular weight excluding hydrogens is 360 g/mol. The lowest BCUT2D eigenvalue weighted by Crippen LogP contribution is -2.22. The van der Waals surface area contributed by atoms with Gasteiger partial charge >= 0.3 is 5.97 Å². The van der Waals surface area contributed by atoms with Crippen molar-refractivity contribution in [2.75, 3.05) is 0 Å². The van der Waals surface area contributed by atoms with Crippen LogP contribution in [0.3, 0.4) is 0 Å². The van der Waals surface area contributed by atoms with Gasteiger partial charge in [0.05, 0.1) is 12.2 Å². The van der Waals surface area contributed by atoms with Crippen molar-refractivity contribution in [1.29, 1.82) is 0 Å². The normalized spacial score (nSPS) is 24.6. The average molecular weight is 397 g/mol. The number of carbonyl (C=O) groups excluding carboxylic acids is 2. The lowest BCUT2D eigenvalue weighted by Gasteiger charge is -2.18. The summed E-state index contributed by atoms with van der Waals surface area (Å²) in [6.07, 6.45) is 7.19. The Morgan fingerprint density at radius 1 is 1.21 bits per heavy atom. The van der Waals surface area contributed by atoms with E-state index >= 15 is 0 Å². The Hall–Kier alpha value is -1.53. The Kier molecular flexibility index (Phi) is 11.2. The number of aliphatic hydroxyl groups excluding tert-OH is 2. The molecule has 5 atom stereocenters. The predicted molar refractivity (Wildman–Crippen MR) is 107 cm³/mol. The summed E-state index contributed by atoms with van der Waals surface area (Å²) in [7, 11) is 0. The molecule has 6 nitrogen and oxygen atoms in total. The van der Waals surface area contributed by atoms with E-state index in [1.807, 2.05) is 0 Å². The minimum absolute atomic E-state index is 0.0360. The molecule has 160 valence electrons. The highest BCUT2D eigenvalue weighted by Crippen LogP contribution is 2.33. The topological polar surface area (TPSA) is 112 Å². The van der Waals surface area contributed by atoms with Gasteiger partial charge in [-0.3, -0.25) is 14.4 Å². The zero-order valence-corrected chi connectivity index (χ0v) is 17.2. The molecule has 3 N–H and O–H groups in total. The van der Waals surface area contributed by atoms with Gasteiger partial charge in [-0.25, -0.2) is 0 Å². The van der Waals surface area contributed by atoms with Crippen LogP contribution in [0, 0.1) is 17.8 Å². The maximum absolute atomic E-state index is 12.2. The van der Waals surface area contributed by atoms with E-state index in [9.17, 15) is 24.6 Å². The van der Waals surface area contributed by atoms with Gasteiger partial charge in [0.15, 0.2) is 0 Å². The Morgan fingerprint density at radius 2 is 1.89 bits per heavy atom. The van der Waals surface area contributed by atoms with E-state index < -0.39 is 30.0 Å². The van der Waals surface area contributed by atoms with Gasteiger partial charge in [0.1, 0.15) is 11.6 Å². The minimum atomic E-state index is -0.880. The molecule has 6 heteroatoms. The fraction of sp³-hybridized carbons (Fsp3) is 0.773. The number of carboxylic acids is 1. The molecule has 0 amide bonds. The molecule has 1 aliphatic rings. The highest BCUT2D eigenvalue weighted by atomic mass is 16.4. The van der Waals surface area contributed by atoms with Crippen molar-refractivity contribution in [3.63, 3.8) is 0 Å². The molecule has 0 aromatic rings. The quantitative estimate of drug-likeness (QED) is 0.307. The number of carboxylic acid groups (broad SMARTS) is 1. The van der Waals surface area contributed by atoms with Crippen molar-refractivity contribution in [3.8, 4) is 0 Å². The molecule has 1 aliphatic carbocycles. The van der Waals surface area contributed by atoms with Crippen LogP contribution in [0.15, 0.2) is 12.2 Å². The maximum atomic E-state index is 12.2. The van der Waals surface area contributed by atoms with Crippen molar-refractivity contribution < 1.29 is 29.7 Å². The molecule has 0 aliphatic heterocycles. The predicted octanol–water partition coefficient (Wildman–Crippen LogP) is 3.29. The van der Waals surface area contributed by atoms with Crippen LogP contribution >= 0.6 is 0 Å². The number of ketones is 2. The molecule has 0 radical (unpaired) electrons. The first-order chi connectivity index (χ1) is 13.2. The first-order valence-electron chi connectivity index (χ1n) is 10.5. The first kappa shape index (κ1) is 24.5. The fourth-order valence-corrected chi connectivity index (χ4v) is 3.85. The van der Waals surface area contributed by atoms with E-state index in [0.29, 0.717) is 25.2 Å². The maximum Gasteiger partial charge on any atom is 0.303 e. The van der Waals surface area contributed by atoms with Crippen molar-refractivity contribution in [1.82, 2.24) is 0 Å². The third kappa shape index (κ3) is 9.11. The Bertz CT molecular complexity index is 541. The molecule has 0 aromatic heterocycles. The highest BCUT2D eigenvalue weighted by molar-refractivity contribution is 5.90. The number of hydrogen-bond donors (Lipinski definition) is 3. The van der Waals surface area contributed by atoms with Crippen LogP contribution in [-0.2, 0) is 14.4 Å². The van der Waals surface area contributed by atoms with Crippen molar-refractivity contribution in [2.24, 2.45) is 17.8 Å². The van der Waals surface area contributed by atoms with Gasteiger partial charge in [-0.05, 0) is 25.2 Å². The SMILES string of the molecule is CCCC[C@H](C)C[C@H](O)/C=C/[C@@H]1[C@H](O)CC(=O)[C@@H]1CC(=O)CCCCC(=O)O. The standard InChI is InChI=1S/C22H36O6/c1-3-4-7-15(2)12-17(24)10-11-18-19(21(26)14-20(18)25)13-16(23)8-5-6-9-22(27)28/h10-11,15,17-20,24-25H,3-9,12-14H2,1-2H3,(H,27,28)/b11-10+/t15-,17+,18-,19+,20+/m0/s1. The zero-order valence-electron chi connectivity index (χ0n) is 17.2. The summed E-state index contributed by atoms with van der Waals surface area (Å²) in [5, 5.41) is 29.0. The molecule has 1 fully saturated rings. The molecule has 0 spiro atoms. The number of unbranched alkanes of at least 4 members (excludes halogenated alkanes) is 2. The summed E-state index contributed by atoms with van der Waals surface area (Å²) in [6, 6.07) is 0. The Labute approximate surface area is 168 Å². The van der Waals surface area contributed by atoms with E-state index in [1.54, 1.807) is 12.2 Å². The van der Waals surface area contributed by atoms with E-state index in [1.165, 1.54) is 0 Å². The van der Waals surface area contributed by atoms with E-state index in [0.717, 1.165) is 19.3 Å². The fourth-order valence-electron chi connectivity index (χ4n) is 3.85. The van der Waals surface area contributed by atoms with Crippen LogP contribution in [0.5, 0.6) is 0 Å². The molecule has 0 saturated heterocycles. The number of aliphatic hydroxyl groups is 2. The van der Waals surface area contributed by atoms with Gasteiger partial charge in [0.25, 0.3) is 0 Å². The van der Waals surface area contributed by atoms with Gasteiger partial charge in [-0.2, -0.15) is 0 Å². The van der Waals surface area contributed by atoms with Crippen molar-refractivity contribution in [2.45, 2.75) is 90.3 Å². The number of hydrogen-bond acceptors (Lipinski definition) is 5. The Morgan fingerprint density at radius 3 is 2.54 bits per heavy atom. The number of Topliss-reactive ketones (excluding diaryl/α,β-unsaturated/α-hetero) is 2. The molecule has 28 heavy (non-hydrogen) atoms. The molecule has 1 rings (SSSR count). The third-order valence-corrected chi connectivity index (χ3v) is 5.53. The second-order valence-electron chi connectivity index (χ2n) is 8.20. The van der Waals surface area contributed by atoms with Gasteiger partial charge in [-0.1, -0.05) is 45.3 Å². The molecule has 0 aromatic carbocycles. The lowest BCUT2D eigenvalue weighted by molar-refractivity contribution is -0.137. The van der Waals surface area contributed by atoms with Crippen LogP contribution < -0.4 is 0 Å². The molecule has 0 unspecified atom stereocenters. The zero-order chi connectivity index (χ0) is 21.1. The van der Waals surface area contributed by atoms with Gasteiger partial charge in [0, 0.05) is 37.5 Å². The molecular formula is C22H36O6. The second-order valence-corrected chi connectivity index (χ2v) is 8.20. The van der Waals surface area contributed by atoms with Crippen LogP contribution in [0.1, 0.15) is 78.1 Å². The second kappa shape index (κ2) is 12.8. The van der Waals surface area contributed by atoms with E-state index in [4.69, 9.17) is 5.11 Å². The monoisotopic (exact) mass is 396 g/mol. The van der Waals surface area contributed by atoms with Gasteiger partial charge < -0.3 is 15.3 Å². The Balaban J connectivity index is 2.54. The summed E-state index contributed by atoms with van der Waals surface area (Å²) in [6.45, 7) is 4.24. The number of rotatable bonds is 14. The minimum Gasteiger partial charge on any atom is -0.481 e. The van der Waals surface area contributed by atoms with Gasteiger partial charge in [0.2, 0.25) is 0 Å². The first-order valence-corrected chi connectivity index (χ1v) is 10.5.